The third kappa shape index (κ3) is 6.93. The second kappa shape index (κ2) is 11.2. The normalized spacial score (nSPS) is 16.7. The van der Waals surface area contributed by atoms with Crippen LogP contribution in [0.25, 0.3) is 0 Å². The Labute approximate surface area is 159 Å². The summed E-state index contributed by atoms with van der Waals surface area (Å²) in [6.45, 7) is 5.10. The number of hydrogen-bond donors (Lipinski definition) is 1. The van der Waals surface area contributed by atoms with E-state index in [1.54, 1.807) is 0 Å². The minimum atomic E-state index is -4.44. The second-order valence-electron chi connectivity index (χ2n) is 6.03. The molecule has 0 bridgehead atoms. The van der Waals surface area contributed by atoms with Gasteiger partial charge in [0.05, 0.1) is 5.56 Å². The number of hydrogen-bond acceptors (Lipinski definition) is 2. The predicted octanol–water partition coefficient (Wildman–Crippen LogP) is 5.21. The van der Waals surface area contributed by atoms with Gasteiger partial charge in [0.15, 0.2) is 0 Å². The van der Waals surface area contributed by atoms with Gasteiger partial charge < -0.3 is 5.32 Å². The maximum atomic E-state index is 14.3. The maximum Gasteiger partial charge on any atom is 0.416 e. The van der Waals surface area contributed by atoms with Crippen molar-refractivity contribution >= 4 is 24.8 Å². The van der Waals surface area contributed by atoms with Crippen molar-refractivity contribution in [2.45, 2.75) is 44.8 Å². The molecule has 0 spiro atoms. The maximum absolute atomic E-state index is 14.3. The van der Waals surface area contributed by atoms with E-state index in [-0.39, 0.29) is 36.4 Å². The Hall–Kier alpha value is -0.560. The average molecular weight is 405 g/mol. The number of piperazine rings is 1. The first-order chi connectivity index (χ1) is 10.9. The highest BCUT2D eigenvalue weighted by atomic mass is 35.5. The number of alkyl halides is 3. The Bertz CT molecular complexity index is 506. The van der Waals surface area contributed by atoms with Gasteiger partial charge in [-0.05, 0) is 24.6 Å². The number of halogens is 6. The summed E-state index contributed by atoms with van der Waals surface area (Å²) in [5.74, 6) is -0.543. The largest absolute Gasteiger partial charge is 0.416 e. The van der Waals surface area contributed by atoms with Gasteiger partial charge in [-0.15, -0.1) is 24.8 Å². The Balaban J connectivity index is 0.00000288. The minimum Gasteiger partial charge on any atom is -0.314 e. The van der Waals surface area contributed by atoms with E-state index in [2.05, 4.69) is 17.1 Å². The smallest absolute Gasteiger partial charge is 0.314 e. The van der Waals surface area contributed by atoms with Crippen molar-refractivity contribution < 1.29 is 17.6 Å². The van der Waals surface area contributed by atoms with E-state index in [0.29, 0.717) is 6.42 Å². The Kier molecular flexibility index (Phi) is 11.0. The summed E-state index contributed by atoms with van der Waals surface area (Å²) in [5.41, 5.74) is -0.595. The standard InChI is InChI=1S/C17H24F4N2.2ClH/c1-2-3-4-5-16(23-10-8-22-9-11-23)14-12-13(17(19,20)21)6-7-15(14)18;;/h6-7,12,16,22H,2-5,8-11H2,1H3;2*1H/t16-;;/m0../s1. The molecule has 1 atom stereocenters. The number of benzene rings is 1. The van der Waals surface area contributed by atoms with Gasteiger partial charge >= 0.3 is 6.18 Å². The fourth-order valence-corrected chi connectivity index (χ4v) is 3.09. The van der Waals surface area contributed by atoms with Crippen LogP contribution in [-0.2, 0) is 6.18 Å². The molecule has 0 amide bonds. The lowest BCUT2D eigenvalue weighted by atomic mass is 9.96. The molecule has 1 N–H and O–H groups in total. The molecule has 25 heavy (non-hydrogen) atoms. The molecule has 8 heteroatoms. The first-order valence-corrected chi connectivity index (χ1v) is 8.25. The van der Waals surface area contributed by atoms with E-state index < -0.39 is 17.6 Å². The van der Waals surface area contributed by atoms with Crippen LogP contribution in [0.4, 0.5) is 17.6 Å². The van der Waals surface area contributed by atoms with E-state index >= 15 is 0 Å². The number of rotatable bonds is 6. The number of unbranched alkanes of at least 4 members (excludes halogenated alkanes) is 2. The van der Waals surface area contributed by atoms with E-state index in [9.17, 15) is 17.6 Å². The zero-order chi connectivity index (χ0) is 16.9. The molecule has 0 aliphatic carbocycles. The lowest BCUT2D eigenvalue weighted by Gasteiger charge is -2.35. The predicted molar refractivity (Wildman–Crippen MR) is 97.2 cm³/mol. The molecule has 0 aromatic heterocycles. The van der Waals surface area contributed by atoms with Crippen LogP contribution in [0.15, 0.2) is 18.2 Å². The van der Waals surface area contributed by atoms with Crippen LogP contribution in [0, 0.1) is 5.82 Å². The molecule has 0 radical (unpaired) electrons. The van der Waals surface area contributed by atoms with Crippen molar-refractivity contribution in [3.05, 3.63) is 35.1 Å². The van der Waals surface area contributed by atoms with Crippen molar-refractivity contribution in [2.75, 3.05) is 26.2 Å². The van der Waals surface area contributed by atoms with Gasteiger partial charge in [0.1, 0.15) is 5.82 Å². The fraction of sp³-hybridized carbons (Fsp3) is 0.647. The van der Waals surface area contributed by atoms with Crippen molar-refractivity contribution in [1.29, 1.82) is 0 Å². The van der Waals surface area contributed by atoms with Crippen LogP contribution >= 0.6 is 24.8 Å². The van der Waals surface area contributed by atoms with Crippen LogP contribution in [-0.4, -0.2) is 31.1 Å². The summed E-state index contributed by atoms with van der Waals surface area (Å²) in [6.07, 6.45) is -0.838. The van der Waals surface area contributed by atoms with Crippen LogP contribution in [0.2, 0.25) is 0 Å². The molecular formula is C17H26Cl2F4N2. The number of nitrogens with zero attached hydrogens (tertiary/aromatic N) is 1. The molecule has 146 valence electrons. The van der Waals surface area contributed by atoms with Gasteiger partial charge in [-0.25, -0.2) is 4.39 Å². The molecule has 0 saturated carbocycles. The van der Waals surface area contributed by atoms with Crippen molar-refractivity contribution in [2.24, 2.45) is 0 Å². The molecule has 1 saturated heterocycles. The van der Waals surface area contributed by atoms with Crippen LogP contribution in [0.5, 0.6) is 0 Å². The van der Waals surface area contributed by atoms with Gasteiger partial charge in [-0.3, -0.25) is 4.90 Å². The van der Waals surface area contributed by atoms with Gasteiger partial charge in [-0.2, -0.15) is 13.2 Å². The fourth-order valence-electron chi connectivity index (χ4n) is 3.09. The molecule has 0 unspecified atom stereocenters. The van der Waals surface area contributed by atoms with Gasteiger partial charge in [-0.1, -0.05) is 26.2 Å². The van der Waals surface area contributed by atoms with E-state index in [0.717, 1.165) is 63.6 Å². The summed E-state index contributed by atoms with van der Waals surface area (Å²) in [4.78, 5) is 2.10. The van der Waals surface area contributed by atoms with E-state index in [1.807, 2.05) is 0 Å². The van der Waals surface area contributed by atoms with Crippen molar-refractivity contribution in [3.63, 3.8) is 0 Å². The van der Waals surface area contributed by atoms with Gasteiger partial charge in [0.25, 0.3) is 0 Å². The number of nitrogens with one attached hydrogen (secondary N) is 1. The molecular weight excluding hydrogens is 379 g/mol. The summed E-state index contributed by atoms with van der Waals surface area (Å²) in [7, 11) is 0. The Morgan fingerprint density at radius 1 is 1.12 bits per heavy atom. The molecule has 1 aromatic rings. The van der Waals surface area contributed by atoms with Gasteiger partial charge in [0.2, 0.25) is 0 Å². The SMILES string of the molecule is CCCCC[C@@H](c1cc(C(F)(F)F)ccc1F)N1CCNCC1.Cl.Cl. The molecule has 2 rings (SSSR count). The molecule has 1 aliphatic heterocycles. The second-order valence-corrected chi connectivity index (χ2v) is 6.03. The highest BCUT2D eigenvalue weighted by Gasteiger charge is 2.33. The van der Waals surface area contributed by atoms with Crippen LogP contribution in [0.3, 0.4) is 0 Å². The van der Waals surface area contributed by atoms with E-state index in [1.165, 1.54) is 0 Å². The third-order valence-corrected chi connectivity index (χ3v) is 4.36. The Morgan fingerprint density at radius 2 is 1.76 bits per heavy atom. The molecule has 1 fully saturated rings. The first kappa shape index (κ1) is 24.4. The monoisotopic (exact) mass is 404 g/mol. The molecule has 1 aromatic carbocycles. The highest BCUT2D eigenvalue weighted by Crippen LogP contribution is 2.35. The van der Waals surface area contributed by atoms with Crippen molar-refractivity contribution in [1.82, 2.24) is 10.2 Å². The summed E-state index contributed by atoms with van der Waals surface area (Å²) in [5, 5.41) is 3.22. The van der Waals surface area contributed by atoms with Crippen LogP contribution < -0.4 is 5.32 Å². The average Bonchev–Trinajstić information content (AvgIpc) is 2.52. The Morgan fingerprint density at radius 3 is 2.32 bits per heavy atom. The zero-order valence-electron chi connectivity index (χ0n) is 14.2. The first-order valence-electron chi connectivity index (χ1n) is 8.25. The minimum absolute atomic E-state index is 0. The quantitative estimate of drug-likeness (QED) is 0.516. The molecule has 1 aliphatic rings. The van der Waals surface area contributed by atoms with E-state index in [4.69, 9.17) is 0 Å². The highest BCUT2D eigenvalue weighted by molar-refractivity contribution is 5.85. The molecule has 1 heterocycles. The lowest BCUT2D eigenvalue weighted by molar-refractivity contribution is -0.137. The summed E-state index contributed by atoms with van der Waals surface area (Å²) < 4.78 is 53.2. The topological polar surface area (TPSA) is 15.3 Å². The lowest BCUT2D eigenvalue weighted by Crippen LogP contribution is -2.45. The summed E-state index contributed by atoms with van der Waals surface area (Å²) >= 11 is 0. The van der Waals surface area contributed by atoms with Crippen LogP contribution in [0.1, 0.15) is 49.8 Å². The van der Waals surface area contributed by atoms with Gasteiger partial charge in [0, 0.05) is 37.8 Å². The van der Waals surface area contributed by atoms with Crippen molar-refractivity contribution in [3.8, 4) is 0 Å². The zero-order valence-corrected chi connectivity index (χ0v) is 15.9. The third-order valence-electron chi connectivity index (χ3n) is 4.36. The summed E-state index contributed by atoms with van der Waals surface area (Å²) in [6, 6.07) is 2.48. The molecule has 2 nitrogen and oxygen atoms in total.